The van der Waals surface area contributed by atoms with Gasteiger partial charge in [-0.2, -0.15) is 5.10 Å². The van der Waals surface area contributed by atoms with Gasteiger partial charge in [-0.15, -0.1) is 0 Å². The Kier molecular flexibility index (Phi) is 2.28. The Hall–Kier alpha value is -1.69. The molecule has 0 aliphatic carbocycles. The summed E-state index contributed by atoms with van der Waals surface area (Å²) in [5, 5.41) is 10.5. The standard InChI is InChI=1S/C8H10N4O2/c1-5-9-8(11-10-5)7-3-6(4-13-2)14-12-7/h3H,4H2,1-2H3,(H,9,10,11). The number of rotatable bonds is 3. The lowest BCUT2D eigenvalue weighted by atomic mass is 10.3. The van der Waals surface area contributed by atoms with Crippen molar-refractivity contribution in [3.05, 3.63) is 17.7 Å². The minimum absolute atomic E-state index is 0.399. The maximum Gasteiger partial charge on any atom is 0.203 e. The number of nitrogens with one attached hydrogen (secondary N) is 1. The van der Waals surface area contributed by atoms with Gasteiger partial charge in [0.25, 0.3) is 0 Å². The van der Waals surface area contributed by atoms with Crippen LogP contribution in [0.2, 0.25) is 0 Å². The molecule has 0 unspecified atom stereocenters. The number of hydrogen-bond acceptors (Lipinski definition) is 5. The van der Waals surface area contributed by atoms with Crippen LogP contribution < -0.4 is 0 Å². The number of H-pyrrole nitrogens is 1. The van der Waals surface area contributed by atoms with Crippen molar-refractivity contribution in [2.24, 2.45) is 0 Å². The molecule has 6 nitrogen and oxygen atoms in total. The summed E-state index contributed by atoms with van der Waals surface area (Å²) in [6, 6.07) is 1.76. The Morgan fingerprint density at radius 2 is 2.43 bits per heavy atom. The Labute approximate surface area is 80.3 Å². The van der Waals surface area contributed by atoms with Crippen molar-refractivity contribution < 1.29 is 9.26 Å². The summed E-state index contributed by atoms with van der Waals surface area (Å²) < 4.78 is 9.90. The molecule has 2 rings (SSSR count). The lowest BCUT2D eigenvalue weighted by Crippen LogP contribution is -1.82. The fourth-order valence-electron chi connectivity index (χ4n) is 1.09. The summed E-state index contributed by atoms with van der Waals surface area (Å²) in [6.07, 6.45) is 0. The largest absolute Gasteiger partial charge is 0.377 e. The van der Waals surface area contributed by atoms with Gasteiger partial charge in [-0.3, -0.25) is 5.10 Å². The van der Waals surface area contributed by atoms with E-state index < -0.39 is 0 Å². The molecule has 0 spiro atoms. The van der Waals surface area contributed by atoms with E-state index >= 15 is 0 Å². The van der Waals surface area contributed by atoms with Gasteiger partial charge < -0.3 is 9.26 Å². The highest BCUT2D eigenvalue weighted by molar-refractivity contribution is 5.47. The molecular weight excluding hydrogens is 184 g/mol. The molecule has 74 valence electrons. The van der Waals surface area contributed by atoms with Crippen LogP contribution in [0.15, 0.2) is 10.6 Å². The lowest BCUT2D eigenvalue weighted by Gasteiger charge is -1.87. The van der Waals surface area contributed by atoms with Gasteiger partial charge in [-0.1, -0.05) is 5.16 Å². The van der Waals surface area contributed by atoms with Crippen LogP contribution in [-0.4, -0.2) is 27.4 Å². The van der Waals surface area contributed by atoms with Crippen LogP contribution in [0.3, 0.4) is 0 Å². The number of aromatic nitrogens is 4. The molecule has 0 amide bonds. The average molecular weight is 194 g/mol. The smallest absolute Gasteiger partial charge is 0.203 e. The van der Waals surface area contributed by atoms with E-state index in [0.717, 1.165) is 5.82 Å². The minimum Gasteiger partial charge on any atom is -0.377 e. The van der Waals surface area contributed by atoms with E-state index in [1.165, 1.54) is 0 Å². The van der Waals surface area contributed by atoms with Crippen molar-refractivity contribution in [2.75, 3.05) is 7.11 Å². The van der Waals surface area contributed by atoms with Crippen molar-refractivity contribution >= 4 is 0 Å². The molecule has 6 heteroatoms. The number of aryl methyl sites for hydroxylation is 1. The topological polar surface area (TPSA) is 76.8 Å². The van der Waals surface area contributed by atoms with Crippen LogP contribution in [0.4, 0.5) is 0 Å². The highest BCUT2D eigenvalue weighted by Crippen LogP contribution is 2.14. The third kappa shape index (κ3) is 1.64. The van der Waals surface area contributed by atoms with Gasteiger partial charge >= 0.3 is 0 Å². The maximum absolute atomic E-state index is 5.00. The van der Waals surface area contributed by atoms with E-state index in [2.05, 4.69) is 20.3 Å². The van der Waals surface area contributed by atoms with Gasteiger partial charge in [0.1, 0.15) is 12.4 Å². The SMILES string of the molecule is COCc1cc(-c2n[nH]c(C)n2)no1. The molecular formula is C8H10N4O2. The molecule has 0 radical (unpaired) electrons. The van der Waals surface area contributed by atoms with Crippen molar-refractivity contribution in [1.82, 2.24) is 20.3 Å². The van der Waals surface area contributed by atoms with Crippen LogP contribution >= 0.6 is 0 Å². The number of ether oxygens (including phenoxy) is 1. The molecule has 0 saturated heterocycles. The molecule has 2 aromatic rings. The summed E-state index contributed by atoms with van der Waals surface area (Å²) in [7, 11) is 1.60. The summed E-state index contributed by atoms with van der Waals surface area (Å²) in [5.41, 5.74) is 0.612. The predicted molar refractivity (Wildman–Crippen MR) is 47.3 cm³/mol. The van der Waals surface area contributed by atoms with Crippen LogP contribution in [0.1, 0.15) is 11.6 Å². The van der Waals surface area contributed by atoms with Gasteiger partial charge in [0.05, 0.1) is 0 Å². The first-order valence-corrected chi connectivity index (χ1v) is 4.13. The van der Waals surface area contributed by atoms with Crippen LogP contribution in [0, 0.1) is 6.92 Å². The number of methoxy groups -OCH3 is 1. The Morgan fingerprint density at radius 1 is 1.57 bits per heavy atom. The molecule has 2 heterocycles. The van der Waals surface area contributed by atoms with Crippen LogP contribution in [0.25, 0.3) is 11.5 Å². The highest BCUT2D eigenvalue weighted by atomic mass is 16.5. The molecule has 0 saturated carbocycles. The fourth-order valence-corrected chi connectivity index (χ4v) is 1.09. The zero-order chi connectivity index (χ0) is 9.97. The minimum atomic E-state index is 0.399. The summed E-state index contributed by atoms with van der Waals surface area (Å²) in [5.74, 6) is 1.94. The summed E-state index contributed by atoms with van der Waals surface area (Å²) in [6.45, 7) is 2.23. The van der Waals surface area contributed by atoms with Crippen LogP contribution in [0.5, 0.6) is 0 Å². The van der Waals surface area contributed by atoms with E-state index in [4.69, 9.17) is 9.26 Å². The van der Waals surface area contributed by atoms with Gasteiger partial charge in [-0.05, 0) is 6.92 Å². The zero-order valence-corrected chi connectivity index (χ0v) is 7.94. The summed E-state index contributed by atoms with van der Waals surface area (Å²) >= 11 is 0. The van der Waals surface area contributed by atoms with E-state index in [0.29, 0.717) is 23.9 Å². The highest BCUT2D eigenvalue weighted by Gasteiger charge is 2.09. The molecule has 0 bridgehead atoms. The number of hydrogen-bond donors (Lipinski definition) is 1. The zero-order valence-electron chi connectivity index (χ0n) is 7.94. The monoisotopic (exact) mass is 194 g/mol. The van der Waals surface area contributed by atoms with Crippen molar-refractivity contribution in [3.63, 3.8) is 0 Å². The average Bonchev–Trinajstić information content (AvgIpc) is 2.74. The van der Waals surface area contributed by atoms with Crippen molar-refractivity contribution in [3.8, 4) is 11.5 Å². The van der Waals surface area contributed by atoms with Crippen molar-refractivity contribution in [1.29, 1.82) is 0 Å². The quantitative estimate of drug-likeness (QED) is 0.785. The second kappa shape index (κ2) is 3.59. The Bertz CT molecular complexity index is 420. The molecule has 1 N–H and O–H groups in total. The number of nitrogens with zero attached hydrogens (tertiary/aromatic N) is 3. The van der Waals surface area contributed by atoms with E-state index in [-0.39, 0.29) is 0 Å². The molecule has 0 aromatic carbocycles. The Morgan fingerprint density at radius 3 is 3.07 bits per heavy atom. The molecule has 2 aromatic heterocycles. The van der Waals surface area contributed by atoms with E-state index in [1.54, 1.807) is 13.2 Å². The normalized spacial score (nSPS) is 10.7. The van der Waals surface area contributed by atoms with Crippen LogP contribution in [-0.2, 0) is 11.3 Å². The number of aromatic amines is 1. The first-order valence-electron chi connectivity index (χ1n) is 4.13. The predicted octanol–water partition coefficient (Wildman–Crippen LogP) is 0.915. The molecule has 14 heavy (non-hydrogen) atoms. The van der Waals surface area contributed by atoms with E-state index in [9.17, 15) is 0 Å². The Balaban J connectivity index is 2.24. The lowest BCUT2D eigenvalue weighted by molar-refractivity contribution is 0.156. The van der Waals surface area contributed by atoms with Gasteiger partial charge in [0, 0.05) is 13.2 Å². The maximum atomic E-state index is 5.00. The third-order valence-electron chi connectivity index (χ3n) is 1.67. The first kappa shape index (κ1) is 8.89. The fraction of sp³-hybridized carbons (Fsp3) is 0.375. The molecule has 0 atom stereocenters. The molecule has 0 fully saturated rings. The third-order valence-corrected chi connectivity index (χ3v) is 1.67. The molecule has 0 aliphatic rings. The second-order valence-electron chi connectivity index (χ2n) is 2.86. The van der Waals surface area contributed by atoms with Crippen molar-refractivity contribution in [2.45, 2.75) is 13.5 Å². The van der Waals surface area contributed by atoms with E-state index in [1.807, 2.05) is 6.92 Å². The summed E-state index contributed by atoms with van der Waals surface area (Å²) in [4.78, 5) is 4.12. The first-order chi connectivity index (χ1) is 6.79. The van der Waals surface area contributed by atoms with Gasteiger partial charge in [0.2, 0.25) is 5.82 Å². The van der Waals surface area contributed by atoms with Gasteiger partial charge in [0.15, 0.2) is 11.5 Å². The second-order valence-corrected chi connectivity index (χ2v) is 2.86. The van der Waals surface area contributed by atoms with Gasteiger partial charge in [-0.25, -0.2) is 4.98 Å². The molecule has 0 aliphatic heterocycles.